The highest BCUT2D eigenvalue weighted by atomic mass is 127. The number of guanidine groups is 1. The Morgan fingerprint density at radius 3 is 2.77 bits per heavy atom. The van der Waals surface area contributed by atoms with Gasteiger partial charge in [0.25, 0.3) is 0 Å². The molecule has 6 nitrogen and oxygen atoms in total. The van der Waals surface area contributed by atoms with Gasteiger partial charge in [-0.1, -0.05) is 0 Å². The number of ether oxygens (including phenoxy) is 1. The molecular formula is C21H30F2IN5OS. The molecule has 31 heavy (non-hydrogen) atoms. The first-order valence-corrected chi connectivity index (χ1v) is 11.1. The van der Waals surface area contributed by atoms with E-state index >= 15 is 0 Å². The van der Waals surface area contributed by atoms with Crippen LogP contribution in [0.2, 0.25) is 0 Å². The molecule has 1 fully saturated rings. The maximum Gasteiger partial charge on any atom is 0.387 e. The number of hydrogen-bond donors (Lipinski definition) is 2. The molecule has 1 unspecified atom stereocenters. The van der Waals surface area contributed by atoms with E-state index < -0.39 is 6.61 Å². The second-order valence-corrected chi connectivity index (χ2v) is 8.50. The van der Waals surface area contributed by atoms with Crippen LogP contribution in [0.5, 0.6) is 5.75 Å². The fourth-order valence-corrected chi connectivity index (χ4v) is 4.24. The number of nitrogens with zero attached hydrogens (tertiary/aromatic N) is 3. The summed E-state index contributed by atoms with van der Waals surface area (Å²) in [5.41, 5.74) is 1.00. The van der Waals surface area contributed by atoms with Crippen molar-refractivity contribution in [3.05, 3.63) is 40.3 Å². The van der Waals surface area contributed by atoms with E-state index in [0.717, 1.165) is 55.6 Å². The van der Waals surface area contributed by atoms with E-state index in [9.17, 15) is 8.78 Å². The molecule has 0 saturated carbocycles. The van der Waals surface area contributed by atoms with Crippen molar-refractivity contribution in [3.63, 3.8) is 0 Å². The fourth-order valence-electron chi connectivity index (χ4n) is 3.46. The maximum absolute atomic E-state index is 12.3. The minimum Gasteiger partial charge on any atom is -0.435 e. The molecule has 0 amide bonds. The third-order valence-corrected chi connectivity index (χ3v) is 5.77. The van der Waals surface area contributed by atoms with Crippen molar-refractivity contribution in [2.75, 3.05) is 31.1 Å². The van der Waals surface area contributed by atoms with Crippen LogP contribution < -0.4 is 20.3 Å². The summed E-state index contributed by atoms with van der Waals surface area (Å²) in [6.45, 7) is 4.55. The van der Waals surface area contributed by atoms with Crippen LogP contribution in [-0.2, 0) is 6.42 Å². The van der Waals surface area contributed by atoms with Crippen molar-refractivity contribution in [2.24, 2.45) is 4.99 Å². The van der Waals surface area contributed by atoms with Gasteiger partial charge < -0.3 is 20.3 Å². The minimum atomic E-state index is -2.80. The number of nitrogens with one attached hydrogen (secondary N) is 2. The summed E-state index contributed by atoms with van der Waals surface area (Å²) in [4.78, 5) is 12.6. The molecule has 2 N–H and O–H groups in total. The average Bonchev–Trinajstić information content (AvgIpc) is 3.13. The number of hydrogen-bond acceptors (Lipinski definition) is 5. The molecule has 1 aromatic carbocycles. The van der Waals surface area contributed by atoms with E-state index in [2.05, 4.69) is 39.1 Å². The highest BCUT2D eigenvalue weighted by molar-refractivity contribution is 14.0. The van der Waals surface area contributed by atoms with E-state index in [0.29, 0.717) is 6.54 Å². The van der Waals surface area contributed by atoms with Gasteiger partial charge in [0.15, 0.2) is 5.96 Å². The molecule has 0 radical (unpaired) electrons. The zero-order valence-corrected chi connectivity index (χ0v) is 21.0. The molecule has 172 valence electrons. The normalized spacial score (nSPS) is 16.7. The van der Waals surface area contributed by atoms with Crippen molar-refractivity contribution in [2.45, 2.75) is 45.8 Å². The van der Waals surface area contributed by atoms with Crippen LogP contribution in [0.4, 0.5) is 14.5 Å². The highest BCUT2D eigenvalue weighted by Crippen LogP contribution is 2.24. The lowest BCUT2D eigenvalue weighted by molar-refractivity contribution is -0.0498. The summed E-state index contributed by atoms with van der Waals surface area (Å²) in [7, 11) is 0. The predicted molar refractivity (Wildman–Crippen MR) is 133 cm³/mol. The van der Waals surface area contributed by atoms with Crippen LogP contribution in [0.15, 0.2) is 35.5 Å². The lowest BCUT2D eigenvalue weighted by Gasteiger charge is -2.35. The summed E-state index contributed by atoms with van der Waals surface area (Å²) in [5.74, 6) is 0.996. The van der Waals surface area contributed by atoms with Crippen molar-refractivity contribution in [3.8, 4) is 5.75 Å². The van der Waals surface area contributed by atoms with Crippen molar-refractivity contribution < 1.29 is 13.5 Å². The van der Waals surface area contributed by atoms with Crippen LogP contribution in [-0.4, -0.2) is 49.8 Å². The van der Waals surface area contributed by atoms with Crippen LogP contribution in [0.1, 0.15) is 29.7 Å². The van der Waals surface area contributed by atoms with Crippen LogP contribution in [0, 0.1) is 6.92 Å². The zero-order valence-electron chi connectivity index (χ0n) is 17.8. The number of thiazole rings is 1. The number of piperidine rings is 1. The zero-order chi connectivity index (χ0) is 21.3. The first-order valence-electron chi connectivity index (χ1n) is 10.3. The van der Waals surface area contributed by atoms with Crippen molar-refractivity contribution >= 4 is 47.0 Å². The number of alkyl halides is 2. The molecule has 0 spiro atoms. The third-order valence-electron chi connectivity index (χ3n) is 4.80. The van der Waals surface area contributed by atoms with Gasteiger partial charge in [0.1, 0.15) is 5.75 Å². The SMILES string of the molecule is CCNC(=NCCc1ncc(C)s1)NC1CCCN(c2ccc(OC(F)F)cc2)C1.I. The van der Waals surface area contributed by atoms with Gasteiger partial charge in [-0.05, 0) is 51.0 Å². The lowest BCUT2D eigenvalue weighted by Crippen LogP contribution is -2.51. The molecule has 0 aliphatic carbocycles. The Hall–Kier alpha value is -1.69. The van der Waals surface area contributed by atoms with E-state index in [1.807, 2.05) is 18.3 Å². The molecule has 1 atom stereocenters. The summed E-state index contributed by atoms with van der Waals surface area (Å²) in [6.07, 6.45) is 4.83. The Morgan fingerprint density at radius 2 is 2.13 bits per heavy atom. The van der Waals surface area contributed by atoms with Gasteiger partial charge in [-0.2, -0.15) is 8.78 Å². The first kappa shape index (κ1) is 25.6. The quantitative estimate of drug-likeness (QED) is 0.282. The second-order valence-electron chi connectivity index (χ2n) is 7.18. The van der Waals surface area contributed by atoms with Crippen molar-refractivity contribution in [1.82, 2.24) is 15.6 Å². The average molecular weight is 565 g/mol. The predicted octanol–water partition coefficient (Wildman–Crippen LogP) is 4.44. The summed E-state index contributed by atoms with van der Waals surface area (Å²) in [5, 5.41) is 7.97. The van der Waals surface area contributed by atoms with Gasteiger partial charge in [-0.3, -0.25) is 4.99 Å². The standard InChI is InChI=1S/C21H29F2N5OS.HI/c1-3-24-21(25-11-10-19-26-13-15(2)30-19)27-16-5-4-12-28(14-16)17-6-8-18(9-7-17)29-20(22)23;/h6-9,13,16,20H,3-5,10-12,14H2,1-2H3,(H2,24,25,27);1H. The second kappa shape index (κ2) is 13.0. The van der Waals surface area contributed by atoms with Gasteiger partial charge in [0, 0.05) is 55.4 Å². The highest BCUT2D eigenvalue weighted by Gasteiger charge is 2.21. The first-order chi connectivity index (χ1) is 14.5. The van der Waals surface area contributed by atoms with Gasteiger partial charge in [0.05, 0.1) is 5.01 Å². The summed E-state index contributed by atoms with van der Waals surface area (Å²) < 4.78 is 29.1. The van der Waals surface area contributed by atoms with Crippen LogP contribution in [0.25, 0.3) is 0 Å². The molecular weight excluding hydrogens is 535 g/mol. The molecule has 2 aromatic rings. The Morgan fingerprint density at radius 1 is 1.35 bits per heavy atom. The number of aromatic nitrogens is 1. The Kier molecular flexibility index (Phi) is 10.7. The largest absolute Gasteiger partial charge is 0.435 e. The molecule has 1 aromatic heterocycles. The van der Waals surface area contributed by atoms with Gasteiger partial charge in [-0.15, -0.1) is 35.3 Å². The lowest BCUT2D eigenvalue weighted by atomic mass is 10.0. The molecule has 0 bridgehead atoms. The van der Waals surface area contributed by atoms with Crippen molar-refractivity contribution in [1.29, 1.82) is 0 Å². The number of aliphatic imine (C=N–C) groups is 1. The summed E-state index contributed by atoms with van der Waals surface area (Å²) in [6, 6.07) is 7.09. The van der Waals surface area contributed by atoms with E-state index in [1.165, 1.54) is 4.88 Å². The Bertz CT molecular complexity index is 818. The Balaban J connectivity index is 0.00000341. The third kappa shape index (κ3) is 8.40. The van der Waals surface area contributed by atoms with Gasteiger partial charge in [0.2, 0.25) is 0 Å². The van der Waals surface area contributed by atoms with Gasteiger partial charge >= 0.3 is 6.61 Å². The van der Waals surface area contributed by atoms with E-state index in [4.69, 9.17) is 4.99 Å². The maximum atomic E-state index is 12.3. The van der Waals surface area contributed by atoms with Gasteiger partial charge in [-0.25, -0.2) is 4.98 Å². The monoisotopic (exact) mass is 565 g/mol. The number of halogens is 3. The molecule has 1 saturated heterocycles. The molecule has 10 heteroatoms. The molecule has 1 aliphatic heterocycles. The number of benzene rings is 1. The number of anilines is 1. The minimum absolute atomic E-state index is 0. The molecule has 1 aliphatic rings. The smallest absolute Gasteiger partial charge is 0.387 e. The van der Waals surface area contributed by atoms with Crippen LogP contribution in [0.3, 0.4) is 0 Å². The molecule has 2 heterocycles. The fraction of sp³-hybridized carbons (Fsp3) is 0.524. The Labute approximate surface area is 203 Å². The van der Waals surface area contributed by atoms with E-state index in [1.54, 1.807) is 23.5 Å². The van der Waals surface area contributed by atoms with E-state index in [-0.39, 0.29) is 35.8 Å². The number of rotatable bonds is 8. The van der Waals surface area contributed by atoms with Crippen LogP contribution >= 0.6 is 35.3 Å². The molecule has 3 rings (SSSR count). The number of aryl methyl sites for hydroxylation is 1. The summed E-state index contributed by atoms with van der Waals surface area (Å²) >= 11 is 1.71. The topological polar surface area (TPSA) is 61.8 Å².